The standard InChI is InChI=1S/C32H30O14/c1-11-10-17-21(27(39)22-14(33)6-8-18(35)31(22,46-17)29(41)43-3)25(37)19(11)13-5-7-16-20(24(13)36)26(38)23-15(34)9-12(2)28(40)32(23,45-16)30(42)44-4/h5,7,10,12,18,28,35-40H,6,8-9H2,1-4H3/t12-,18+,28+,31-,32+/m0/s1. The van der Waals surface area contributed by atoms with E-state index in [0.717, 1.165) is 14.2 Å². The van der Waals surface area contributed by atoms with E-state index < -0.39 is 98.1 Å². The fourth-order valence-electron chi connectivity index (χ4n) is 7.03. The molecule has 0 spiro atoms. The highest BCUT2D eigenvalue weighted by Gasteiger charge is 2.63. The monoisotopic (exact) mass is 638 g/mol. The minimum absolute atomic E-state index is 0.115. The van der Waals surface area contributed by atoms with Crippen molar-refractivity contribution in [3.8, 4) is 34.1 Å². The van der Waals surface area contributed by atoms with Gasteiger partial charge in [-0.1, -0.05) is 6.92 Å². The van der Waals surface area contributed by atoms with Gasteiger partial charge in [-0.2, -0.15) is 0 Å². The molecule has 5 atom stereocenters. The number of aryl methyl sites for hydroxylation is 1. The van der Waals surface area contributed by atoms with E-state index in [9.17, 15) is 49.8 Å². The van der Waals surface area contributed by atoms with Gasteiger partial charge >= 0.3 is 11.9 Å². The second kappa shape index (κ2) is 10.2. The Morgan fingerprint density at radius 3 is 2.02 bits per heavy atom. The molecule has 2 fully saturated rings. The smallest absolute Gasteiger partial charge is 0.358 e. The summed E-state index contributed by atoms with van der Waals surface area (Å²) in [6.07, 6.45) is -3.84. The number of rotatable bonds is 3. The lowest BCUT2D eigenvalue weighted by molar-refractivity contribution is -0.173. The van der Waals surface area contributed by atoms with E-state index >= 15 is 0 Å². The van der Waals surface area contributed by atoms with Crippen molar-refractivity contribution in [1.82, 2.24) is 0 Å². The van der Waals surface area contributed by atoms with E-state index in [0.29, 0.717) is 0 Å². The van der Waals surface area contributed by atoms with Gasteiger partial charge in [0.15, 0.2) is 11.6 Å². The fourth-order valence-corrected chi connectivity index (χ4v) is 7.03. The molecule has 2 saturated carbocycles. The molecule has 0 unspecified atom stereocenters. The number of hydrogen-bond donors (Lipinski definition) is 6. The van der Waals surface area contributed by atoms with E-state index in [2.05, 4.69) is 0 Å². The third-order valence-corrected chi connectivity index (χ3v) is 9.21. The largest absolute Gasteiger partial charge is 0.506 e. The Bertz CT molecular complexity index is 1840. The van der Waals surface area contributed by atoms with Crippen LogP contribution in [0.25, 0.3) is 22.6 Å². The van der Waals surface area contributed by atoms with Gasteiger partial charge < -0.3 is 49.6 Å². The molecule has 0 bridgehead atoms. The molecule has 2 aromatic carbocycles. The molecule has 2 aliphatic heterocycles. The molecule has 0 radical (unpaired) electrons. The Balaban J connectivity index is 1.58. The predicted molar refractivity (Wildman–Crippen MR) is 155 cm³/mol. The molecule has 4 aliphatic rings. The number of esters is 2. The summed E-state index contributed by atoms with van der Waals surface area (Å²) in [4.78, 5) is 52.2. The summed E-state index contributed by atoms with van der Waals surface area (Å²) in [5, 5.41) is 67.8. The lowest BCUT2D eigenvalue weighted by Crippen LogP contribution is -2.64. The van der Waals surface area contributed by atoms with Gasteiger partial charge in [-0.15, -0.1) is 0 Å². The number of fused-ring (bicyclic) bond motifs is 4. The maximum absolute atomic E-state index is 13.2. The number of phenolic OH excluding ortho intramolecular Hbond substituents is 2. The van der Waals surface area contributed by atoms with Crippen molar-refractivity contribution in [3.05, 3.63) is 46.0 Å². The number of aliphatic hydroxyl groups is 4. The van der Waals surface area contributed by atoms with E-state index in [-0.39, 0.29) is 47.5 Å². The van der Waals surface area contributed by atoms with Crippen molar-refractivity contribution in [3.63, 3.8) is 0 Å². The number of carbonyl (C=O) groups is 4. The number of carbonyl (C=O) groups excluding carboxylic acids is 4. The van der Waals surface area contributed by atoms with Gasteiger partial charge in [-0.25, -0.2) is 9.59 Å². The van der Waals surface area contributed by atoms with Crippen LogP contribution in [0, 0.1) is 12.8 Å². The van der Waals surface area contributed by atoms with Crippen LogP contribution >= 0.6 is 0 Å². The van der Waals surface area contributed by atoms with Gasteiger partial charge in [0.2, 0.25) is 0 Å². The first-order valence-corrected chi connectivity index (χ1v) is 14.3. The number of ketones is 2. The Labute approximate surface area is 260 Å². The van der Waals surface area contributed by atoms with Crippen molar-refractivity contribution in [1.29, 1.82) is 0 Å². The summed E-state index contributed by atoms with van der Waals surface area (Å²) >= 11 is 0. The molecule has 46 heavy (non-hydrogen) atoms. The predicted octanol–water partition coefficient (Wildman–Crippen LogP) is 1.91. The van der Waals surface area contributed by atoms with Crippen LogP contribution in [0.15, 0.2) is 29.3 Å². The van der Waals surface area contributed by atoms with Gasteiger partial charge in [-0.3, -0.25) is 9.59 Å². The normalized spacial score (nSPS) is 28.3. The van der Waals surface area contributed by atoms with Gasteiger partial charge in [0.05, 0.1) is 25.4 Å². The van der Waals surface area contributed by atoms with Crippen LogP contribution < -0.4 is 9.47 Å². The molecular weight excluding hydrogens is 608 g/mol. The number of benzene rings is 2. The summed E-state index contributed by atoms with van der Waals surface area (Å²) in [5.74, 6) is -8.18. The summed E-state index contributed by atoms with van der Waals surface area (Å²) in [7, 11) is 2.04. The first-order valence-electron chi connectivity index (χ1n) is 14.3. The third kappa shape index (κ3) is 3.70. The summed E-state index contributed by atoms with van der Waals surface area (Å²) < 4.78 is 21.5. The number of methoxy groups -OCH3 is 2. The number of Topliss-reactive ketones (excluding diaryl/α,β-unsaturated/α-hetero) is 2. The highest BCUT2D eigenvalue weighted by Crippen LogP contribution is 2.56. The van der Waals surface area contributed by atoms with Crippen LogP contribution in [0.1, 0.15) is 42.9 Å². The number of ether oxygens (including phenoxy) is 4. The summed E-state index contributed by atoms with van der Waals surface area (Å²) in [6.45, 7) is 3.01. The molecule has 2 aromatic rings. The number of aliphatic hydroxyl groups excluding tert-OH is 4. The first kappa shape index (κ1) is 30.9. The Morgan fingerprint density at radius 2 is 1.39 bits per heavy atom. The Morgan fingerprint density at radius 1 is 0.826 bits per heavy atom. The van der Waals surface area contributed by atoms with E-state index in [1.807, 2.05) is 0 Å². The summed E-state index contributed by atoms with van der Waals surface area (Å²) in [6, 6.07) is 3.79. The maximum atomic E-state index is 13.2. The molecule has 0 amide bonds. The van der Waals surface area contributed by atoms with Crippen LogP contribution in [0.4, 0.5) is 0 Å². The van der Waals surface area contributed by atoms with Gasteiger partial charge in [0.25, 0.3) is 11.2 Å². The second-order valence-corrected chi connectivity index (χ2v) is 11.8. The molecule has 0 aromatic heterocycles. The van der Waals surface area contributed by atoms with Crippen molar-refractivity contribution in [2.24, 2.45) is 5.92 Å². The van der Waals surface area contributed by atoms with Crippen LogP contribution in [0.3, 0.4) is 0 Å². The number of aromatic hydroxyl groups is 2. The molecule has 2 heterocycles. The highest BCUT2D eigenvalue weighted by molar-refractivity contribution is 6.14. The molecule has 242 valence electrons. The van der Waals surface area contributed by atoms with Gasteiger partial charge in [-0.05, 0) is 43.0 Å². The molecule has 6 N–H and O–H groups in total. The zero-order valence-corrected chi connectivity index (χ0v) is 25.0. The molecule has 0 saturated heterocycles. The Hall–Kier alpha value is -5.08. The topological polar surface area (TPSA) is 227 Å². The Kier molecular flexibility index (Phi) is 6.87. The average molecular weight is 639 g/mol. The van der Waals surface area contributed by atoms with Crippen molar-refractivity contribution in [2.75, 3.05) is 14.2 Å². The lowest BCUT2D eigenvalue weighted by Gasteiger charge is -2.45. The average Bonchev–Trinajstić information content (AvgIpc) is 3.01. The van der Waals surface area contributed by atoms with Crippen molar-refractivity contribution < 1.29 is 68.8 Å². The molecule has 2 aliphatic carbocycles. The third-order valence-electron chi connectivity index (χ3n) is 9.21. The zero-order chi connectivity index (χ0) is 33.6. The second-order valence-electron chi connectivity index (χ2n) is 11.8. The highest BCUT2D eigenvalue weighted by atomic mass is 16.6. The quantitative estimate of drug-likeness (QED) is 0.264. The molecule has 14 heteroatoms. The lowest BCUT2D eigenvalue weighted by atomic mass is 9.69. The van der Waals surface area contributed by atoms with E-state index in [4.69, 9.17) is 18.9 Å². The maximum Gasteiger partial charge on any atom is 0.358 e. The molecular formula is C32H30O14. The fraction of sp³-hybridized carbons (Fsp3) is 0.375. The first-order chi connectivity index (χ1) is 21.7. The minimum Gasteiger partial charge on any atom is -0.506 e. The van der Waals surface area contributed by atoms with Crippen molar-refractivity contribution in [2.45, 2.75) is 56.5 Å². The van der Waals surface area contributed by atoms with E-state index in [1.165, 1.54) is 32.0 Å². The zero-order valence-electron chi connectivity index (χ0n) is 25.0. The minimum atomic E-state index is -2.42. The van der Waals surface area contributed by atoms with Crippen molar-refractivity contribution >= 4 is 35.0 Å². The van der Waals surface area contributed by atoms with E-state index in [1.54, 1.807) is 0 Å². The SMILES string of the molecule is COC(=O)[C@@]12Oc3cc(C)c(-c4ccc5c(c4O)C(O)=C4C(=O)C[C@H](C)[C@@H](O)[C@]4(C(=O)OC)O5)c(O)c3C(O)=C1C(=O)CC[C@H]2O. The van der Waals surface area contributed by atoms with Crippen LogP contribution in [-0.4, -0.2) is 91.8 Å². The molecule has 6 rings (SSSR count). The molecule has 14 nitrogen and oxygen atoms in total. The number of hydrogen-bond acceptors (Lipinski definition) is 14. The summed E-state index contributed by atoms with van der Waals surface area (Å²) in [5.41, 5.74) is -6.94. The van der Waals surface area contributed by atoms with Crippen LogP contribution in [0.2, 0.25) is 0 Å². The van der Waals surface area contributed by atoms with Gasteiger partial charge in [0, 0.05) is 24.0 Å². The van der Waals surface area contributed by atoms with Gasteiger partial charge in [0.1, 0.15) is 57.9 Å². The number of phenols is 2. The van der Waals surface area contributed by atoms with Crippen LogP contribution in [0.5, 0.6) is 23.0 Å². The van der Waals surface area contributed by atoms with Crippen LogP contribution in [-0.2, 0) is 28.7 Å².